The number of hydrogen-bond donors (Lipinski definition) is 1. The zero-order chi connectivity index (χ0) is 12.0. The van der Waals surface area contributed by atoms with Crippen LogP contribution in [0.25, 0.3) is 0 Å². The van der Waals surface area contributed by atoms with Gasteiger partial charge in [0.2, 0.25) is 5.91 Å². The molecule has 1 rings (SSSR count). The van der Waals surface area contributed by atoms with E-state index in [1.807, 2.05) is 13.8 Å². The number of ether oxygens (including phenoxy) is 2. The van der Waals surface area contributed by atoms with Crippen LogP contribution in [0, 0.1) is 0 Å². The first-order valence-electron chi connectivity index (χ1n) is 5.50. The van der Waals surface area contributed by atoms with Gasteiger partial charge in [-0.25, -0.2) is 4.79 Å². The van der Waals surface area contributed by atoms with Crippen molar-refractivity contribution in [2.75, 3.05) is 26.3 Å². The number of amides is 3. The minimum absolute atomic E-state index is 0.0900. The molecule has 0 spiro atoms. The van der Waals surface area contributed by atoms with Gasteiger partial charge in [-0.1, -0.05) is 0 Å². The Morgan fingerprint density at radius 2 is 1.94 bits per heavy atom. The topological polar surface area (TPSA) is 67.9 Å². The van der Waals surface area contributed by atoms with E-state index < -0.39 is 0 Å². The quantitative estimate of drug-likeness (QED) is 0.505. The lowest BCUT2D eigenvalue weighted by Gasteiger charge is -2.19. The fourth-order valence-corrected chi connectivity index (χ4v) is 1.50. The summed E-state index contributed by atoms with van der Waals surface area (Å²) in [5, 5.41) is 2.46. The molecule has 0 bridgehead atoms. The van der Waals surface area contributed by atoms with Crippen LogP contribution in [-0.4, -0.2) is 49.4 Å². The molecule has 6 heteroatoms. The van der Waals surface area contributed by atoms with Crippen molar-refractivity contribution in [2.45, 2.75) is 26.6 Å². The van der Waals surface area contributed by atoms with Gasteiger partial charge in [-0.15, -0.1) is 0 Å². The summed E-state index contributed by atoms with van der Waals surface area (Å²) in [6.07, 6.45) is 0.150. The molecule has 1 heterocycles. The summed E-state index contributed by atoms with van der Waals surface area (Å²) in [5.41, 5.74) is 0. The van der Waals surface area contributed by atoms with Crippen LogP contribution in [0.3, 0.4) is 0 Å². The van der Waals surface area contributed by atoms with E-state index in [-0.39, 0.29) is 24.8 Å². The van der Waals surface area contributed by atoms with Gasteiger partial charge >= 0.3 is 6.03 Å². The van der Waals surface area contributed by atoms with Gasteiger partial charge in [0.25, 0.3) is 0 Å². The van der Waals surface area contributed by atoms with Crippen LogP contribution in [0.15, 0.2) is 0 Å². The van der Waals surface area contributed by atoms with Gasteiger partial charge in [0.05, 0.1) is 6.54 Å². The number of imide groups is 1. The molecule has 1 aliphatic rings. The highest BCUT2D eigenvalue weighted by Crippen LogP contribution is 2.06. The molecule has 6 nitrogen and oxygen atoms in total. The minimum atomic E-state index is -0.351. The van der Waals surface area contributed by atoms with Crippen LogP contribution >= 0.6 is 0 Å². The smallest absolute Gasteiger partial charge is 0.324 e. The van der Waals surface area contributed by atoms with E-state index in [0.717, 1.165) is 0 Å². The lowest BCUT2D eigenvalue weighted by molar-refractivity contribution is -0.143. The SMILES string of the molecule is CCOC(CCN1C(=O)CNC1=O)OCC. The molecule has 1 fully saturated rings. The summed E-state index contributed by atoms with van der Waals surface area (Å²) in [6, 6.07) is -0.336. The number of nitrogens with zero attached hydrogens (tertiary/aromatic N) is 1. The second-order valence-corrected chi connectivity index (χ2v) is 3.33. The Hall–Kier alpha value is -1.14. The summed E-state index contributed by atoms with van der Waals surface area (Å²) in [7, 11) is 0. The maximum atomic E-state index is 11.3. The number of hydrogen-bond acceptors (Lipinski definition) is 4. The molecule has 0 atom stereocenters. The Morgan fingerprint density at radius 3 is 2.38 bits per heavy atom. The van der Waals surface area contributed by atoms with Gasteiger partial charge in [-0.05, 0) is 13.8 Å². The number of carbonyl (C=O) groups excluding carboxylic acids is 2. The molecule has 16 heavy (non-hydrogen) atoms. The monoisotopic (exact) mass is 230 g/mol. The predicted octanol–water partition coefficient (Wildman–Crippen LogP) is 0.327. The summed E-state index contributed by atoms with van der Waals surface area (Å²) < 4.78 is 10.6. The van der Waals surface area contributed by atoms with Crippen molar-refractivity contribution in [2.24, 2.45) is 0 Å². The van der Waals surface area contributed by atoms with E-state index in [2.05, 4.69) is 5.32 Å². The van der Waals surface area contributed by atoms with Crippen LogP contribution in [0.2, 0.25) is 0 Å². The summed E-state index contributed by atoms with van der Waals surface area (Å²) >= 11 is 0. The van der Waals surface area contributed by atoms with E-state index in [1.165, 1.54) is 4.90 Å². The molecule has 0 aromatic rings. The van der Waals surface area contributed by atoms with Crippen molar-refractivity contribution in [1.29, 1.82) is 0 Å². The molecule has 0 aromatic carbocycles. The van der Waals surface area contributed by atoms with E-state index >= 15 is 0 Å². The van der Waals surface area contributed by atoms with E-state index in [0.29, 0.717) is 26.2 Å². The highest BCUT2D eigenvalue weighted by Gasteiger charge is 2.28. The van der Waals surface area contributed by atoms with Crippen LogP contribution < -0.4 is 5.32 Å². The largest absolute Gasteiger partial charge is 0.353 e. The van der Waals surface area contributed by atoms with Crippen molar-refractivity contribution in [1.82, 2.24) is 10.2 Å². The molecule has 0 radical (unpaired) electrons. The molecule has 0 saturated carbocycles. The van der Waals surface area contributed by atoms with Crippen LogP contribution in [-0.2, 0) is 14.3 Å². The molecule has 92 valence electrons. The lowest BCUT2D eigenvalue weighted by Crippen LogP contribution is -2.34. The van der Waals surface area contributed by atoms with Gasteiger partial charge in [0.15, 0.2) is 6.29 Å². The Kier molecular flexibility index (Phi) is 5.21. The normalized spacial score (nSPS) is 16.1. The van der Waals surface area contributed by atoms with Gasteiger partial charge in [0.1, 0.15) is 0 Å². The zero-order valence-corrected chi connectivity index (χ0v) is 9.69. The Morgan fingerprint density at radius 1 is 1.31 bits per heavy atom. The highest BCUT2D eigenvalue weighted by molar-refractivity contribution is 6.01. The number of urea groups is 1. The number of carbonyl (C=O) groups is 2. The first kappa shape index (κ1) is 12.9. The molecule has 0 unspecified atom stereocenters. The van der Waals surface area contributed by atoms with Gasteiger partial charge in [-0.3, -0.25) is 9.69 Å². The third kappa shape index (κ3) is 3.46. The van der Waals surface area contributed by atoms with E-state index in [1.54, 1.807) is 0 Å². The second kappa shape index (κ2) is 6.44. The average Bonchev–Trinajstić information content (AvgIpc) is 2.56. The van der Waals surface area contributed by atoms with E-state index in [4.69, 9.17) is 9.47 Å². The van der Waals surface area contributed by atoms with Crippen LogP contribution in [0.4, 0.5) is 4.79 Å². The maximum absolute atomic E-state index is 11.3. The molecule has 0 aromatic heterocycles. The first-order chi connectivity index (χ1) is 7.69. The summed E-state index contributed by atoms with van der Waals surface area (Å²) in [6.45, 7) is 5.26. The second-order valence-electron chi connectivity index (χ2n) is 3.33. The minimum Gasteiger partial charge on any atom is -0.353 e. The number of rotatable bonds is 7. The fraction of sp³-hybridized carbons (Fsp3) is 0.800. The Bertz CT molecular complexity index is 235. The van der Waals surface area contributed by atoms with Crippen LogP contribution in [0.1, 0.15) is 20.3 Å². The first-order valence-corrected chi connectivity index (χ1v) is 5.50. The van der Waals surface area contributed by atoms with Gasteiger partial charge in [0, 0.05) is 26.2 Å². The van der Waals surface area contributed by atoms with E-state index in [9.17, 15) is 9.59 Å². The molecule has 0 aliphatic carbocycles. The van der Waals surface area contributed by atoms with Crippen molar-refractivity contribution in [3.63, 3.8) is 0 Å². The third-order valence-corrected chi connectivity index (χ3v) is 2.23. The third-order valence-electron chi connectivity index (χ3n) is 2.23. The zero-order valence-electron chi connectivity index (χ0n) is 9.69. The van der Waals surface area contributed by atoms with Crippen molar-refractivity contribution < 1.29 is 19.1 Å². The van der Waals surface area contributed by atoms with Gasteiger partial charge in [-0.2, -0.15) is 0 Å². The van der Waals surface area contributed by atoms with Crippen molar-refractivity contribution in [3.8, 4) is 0 Å². The highest BCUT2D eigenvalue weighted by atomic mass is 16.7. The number of nitrogens with one attached hydrogen (secondary N) is 1. The maximum Gasteiger partial charge on any atom is 0.324 e. The molecule has 3 amide bonds. The Labute approximate surface area is 94.9 Å². The average molecular weight is 230 g/mol. The summed E-state index contributed by atoms with van der Waals surface area (Å²) in [5.74, 6) is -0.197. The predicted molar refractivity (Wildman–Crippen MR) is 56.8 cm³/mol. The lowest BCUT2D eigenvalue weighted by atomic mass is 10.3. The molecular formula is C10H18N2O4. The molecule has 1 aliphatic heterocycles. The van der Waals surface area contributed by atoms with Gasteiger partial charge < -0.3 is 14.8 Å². The molecule has 1 saturated heterocycles. The van der Waals surface area contributed by atoms with Crippen molar-refractivity contribution >= 4 is 11.9 Å². The Balaban J connectivity index is 2.35. The standard InChI is InChI=1S/C10H18N2O4/c1-3-15-9(16-4-2)5-6-12-8(13)7-11-10(12)14/h9H,3-7H2,1-2H3,(H,11,14). The van der Waals surface area contributed by atoms with Crippen molar-refractivity contribution in [3.05, 3.63) is 0 Å². The van der Waals surface area contributed by atoms with Crippen LogP contribution in [0.5, 0.6) is 0 Å². The molecule has 1 N–H and O–H groups in total. The fourth-order valence-electron chi connectivity index (χ4n) is 1.50. The summed E-state index contributed by atoms with van der Waals surface area (Å²) in [4.78, 5) is 23.7. The molecular weight excluding hydrogens is 212 g/mol.